The Balaban J connectivity index is 1.19. The number of hydrogen-bond donors (Lipinski definition) is 0. The molecule has 0 radical (unpaired) electrons. The highest BCUT2D eigenvalue weighted by Crippen LogP contribution is 2.35. The molecule has 0 aliphatic carbocycles. The molecule has 1 fully saturated rings. The van der Waals surface area contributed by atoms with E-state index >= 15 is 0 Å². The summed E-state index contributed by atoms with van der Waals surface area (Å²) in [5.74, 6) is 2.54. The number of nitrogens with zero attached hydrogens (tertiary/aromatic N) is 5. The van der Waals surface area contributed by atoms with E-state index in [0.29, 0.717) is 10.9 Å². The Hall–Kier alpha value is -3.14. The summed E-state index contributed by atoms with van der Waals surface area (Å²) in [6.07, 6.45) is 5.62. The molecule has 0 amide bonds. The third-order valence-corrected chi connectivity index (χ3v) is 7.44. The van der Waals surface area contributed by atoms with Gasteiger partial charge in [-0.1, -0.05) is 19.0 Å². The molecule has 9 nitrogen and oxygen atoms in total. The molecule has 0 bridgehead atoms. The Morgan fingerprint density at radius 1 is 1.12 bits per heavy atom. The molecule has 4 heterocycles. The minimum atomic E-state index is -3.21. The van der Waals surface area contributed by atoms with Crippen LogP contribution in [0, 0.1) is 0 Å². The van der Waals surface area contributed by atoms with Crippen LogP contribution in [-0.4, -0.2) is 55.5 Å². The van der Waals surface area contributed by atoms with E-state index in [9.17, 15) is 8.42 Å². The number of benzene rings is 1. The van der Waals surface area contributed by atoms with Crippen molar-refractivity contribution >= 4 is 27.4 Å². The van der Waals surface area contributed by atoms with Crippen molar-refractivity contribution in [3.63, 3.8) is 0 Å². The van der Waals surface area contributed by atoms with Crippen molar-refractivity contribution in [3.05, 3.63) is 47.9 Å². The molecule has 180 valence electrons. The number of rotatable bonds is 6. The Bertz CT molecular complexity index is 1260. The fraction of sp³-hybridized carbons (Fsp3) is 0.458. The van der Waals surface area contributed by atoms with Gasteiger partial charge in [-0.2, -0.15) is 4.98 Å². The van der Waals surface area contributed by atoms with E-state index in [1.54, 1.807) is 18.3 Å². The fourth-order valence-corrected chi connectivity index (χ4v) is 5.07. The van der Waals surface area contributed by atoms with Crippen LogP contribution >= 0.6 is 0 Å². The maximum atomic E-state index is 11.8. The second kappa shape index (κ2) is 8.90. The van der Waals surface area contributed by atoms with E-state index in [0.717, 1.165) is 67.5 Å². The largest absolute Gasteiger partial charge is 0.489 e. The summed E-state index contributed by atoms with van der Waals surface area (Å²) in [5, 5.41) is 4.05. The number of anilines is 3. The molecule has 2 aliphatic heterocycles. The maximum absolute atomic E-state index is 11.8. The summed E-state index contributed by atoms with van der Waals surface area (Å²) >= 11 is 0. The SMILES string of the molecule is CC(C)c1noc(N2CCC(Oc3ccc(N4CCc5cc(S(C)(=O)=O)ccc54)nc3)CC2)n1. The molecule has 0 spiro atoms. The number of fused-ring (bicyclic) bond motifs is 1. The van der Waals surface area contributed by atoms with Gasteiger partial charge >= 0.3 is 6.01 Å². The van der Waals surface area contributed by atoms with Gasteiger partial charge < -0.3 is 19.1 Å². The predicted octanol–water partition coefficient (Wildman–Crippen LogP) is 3.73. The minimum Gasteiger partial charge on any atom is -0.489 e. The number of piperidine rings is 1. The summed E-state index contributed by atoms with van der Waals surface area (Å²) in [5.41, 5.74) is 2.03. The molecule has 2 aliphatic rings. The second-order valence-corrected chi connectivity index (χ2v) is 11.2. The van der Waals surface area contributed by atoms with Gasteiger partial charge in [-0.3, -0.25) is 0 Å². The second-order valence-electron chi connectivity index (χ2n) is 9.21. The molecule has 1 aromatic carbocycles. The summed E-state index contributed by atoms with van der Waals surface area (Å²) in [6.45, 7) is 6.46. The van der Waals surface area contributed by atoms with Crippen molar-refractivity contribution in [2.75, 3.05) is 35.7 Å². The van der Waals surface area contributed by atoms with E-state index in [4.69, 9.17) is 9.26 Å². The highest BCUT2D eigenvalue weighted by atomic mass is 32.2. The molecule has 3 aromatic rings. The van der Waals surface area contributed by atoms with Crippen LogP contribution in [-0.2, 0) is 16.3 Å². The van der Waals surface area contributed by atoms with Crippen molar-refractivity contribution in [3.8, 4) is 5.75 Å². The van der Waals surface area contributed by atoms with Crippen LogP contribution in [0.4, 0.5) is 17.5 Å². The van der Waals surface area contributed by atoms with E-state index in [2.05, 4.69) is 24.9 Å². The summed E-state index contributed by atoms with van der Waals surface area (Å²) in [6, 6.07) is 9.79. The quantitative estimate of drug-likeness (QED) is 0.519. The Morgan fingerprint density at radius 2 is 1.91 bits per heavy atom. The lowest BCUT2D eigenvalue weighted by Crippen LogP contribution is -2.38. The zero-order valence-corrected chi connectivity index (χ0v) is 20.5. The van der Waals surface area contributed by atoms with Gasteiger partial charge in [0.1, 0.15) is 17.7 Å². The number of ether oxygens (including phenoxy) is 1. The number of sulfone groups is 1. The average molecular weight is 484 g/mol. The van der Waals surface area contributed by atoms with Crippen LogP contribution < -0.4 is 14.5 Å². The molecule has 1 saturated heterocycles. The van der Waals surface area contributed by atoms with Crippen LogP contribution in [0.15, 0.2) is 45.9 Å². The average Bonchev–Trinajstić information content (AvgIpc) is 3.47. The van der Waals surface area contributed by atoms with E-state index in [1.165, 1.54) is 6.26 Å². The summed E-state index contributed by atoms with van der Waals surface area (Å²) in [7, 11) is -3.21. The van der Waals surface area contributed by atoms with Crippen molar-refractivity contribution < 1.29 is 17.7 Å². The molecular weight excluding hydrogens is 454 g/mol. The zero-order chi connectivity index (χ0) is 23.9. The molecule has 2 aromatic heterocycles. The Morgan fingerprint density at radius 3 is 2.56 bits per heavy atom. The van der Waals surface area contributed by atoms with Gasteiger partial charge in [0, 0.05) is 50.3 Å². The highest BCUT2D eigenvalue weighted by molar-refractivity contribution is 7.90. The van der Waals surface area contributed by atoms with Gasteiger partial charge in [0.05, 0.1) is 11.1 Å². The molecule has 0 N–H and O–H groups in total. The maximum Gasteiger partial charge on any atom is 0.324 e. The number of hydrogen-bond acceptors (Lipinski definition) is 9. The van der Waals surface area contributed by atoms with Gasteiger partial charge in [0.2, 0.25) is 0 Å². The zero-order valence-electron chi connectivity index (χ0n) is 19.6. The number of pyridine rings is 1. The van der Waals surface area contributed by atoms with Crippen LogP contribution in [0.25, 0.3) is 0 Å². The fourth-order valence-electron chi connectivity index (χ4n) is 4.40. The van der Waals surface area contributed by atoms with Crippen LogP contribution in [0.1, 0.15) is 44.0 Å². The van der Waals surface area contributed by atoms with Crippen LogP contribution in [0.5, 0.6) is 5.75 Å². The van der Waals surface area contributed by atoms with Gasteiger partial charge in [-0.05, 0) is 42.3 Å². The highest BCUT2D eigenvalue weighted by Gasteiger charge is 2.26. The van der Waals surface area contributed by atoms with Crippen LogP contribution in [0.3, 0.4) is 0 Å². The predicted molar refractivity (Wildman–Crippen MR) is 129 cm³/mol. The lowest BCUT2D eigenvalue weighted by atomic mass is 10.1. The molecule has 0 saturated carbocycles. The standard InChI is InChI=1S/C24H29N5O4S/c1-16(2)23-26-24(33-27-23)28-11-9-18(10-12-28)32-19-4-7-22(25-15-19)29-13-8-17-14-20(34(3,30)31)5-6-21(17)29/h4-7,14-16,18H,8-13H2,1-3H3. The molecule has 10 heteroatoms. The van der Waals surface area contributed by atoms with Gasteiger partial charge in [-0.15, -0.1) is 0 Å². The van der Waals surface area contributed by atoms with E-state index in [1.807, 2.05) is 32.0 Å². The molecular formula is C24H29N5O4S. The van der Waals surface area contributed by atoms with Crippen molar-refractivity contribution in [2.24, 2.45) is 0 Å². The molecule has 5 rings (SSSR count). The molecule has 0 atom stereocenters. The number of aromatic nitrogens is 3. The lowest BCUT2D eigenvalue weighted by molar-refractivity contribution is 0.168. The van der Waals surface area contributed by atoms with Gasteiger partial charge in [0.25, 0.3) is 0 Å². The third kappa shape index (κ3) is 4.59. The first-order valence-electron chi connectivity index (χ1n) is 11.6. The van der Waals surface area contributed by atoms with Crippen molar-refractivity contribution in [1.29, 1.82) is 0 Å². The first-order valence-corrected chi connectivity index (χ1v) is 13.5. The first-order chi connectivity index (χ1) is 16.3. The summed E-state index contributed by atoms with van der Waals surface area (Å²) < 4.78 is 35.3. The van der Waals surface area contributed by atoms with E-state index in [-0.39, 0.29) is 12.0 Å². The first kappa shape index (κ1) is 22.6. The molecule has 0 unspecified atom stereocenters. The van der Waals surface area contributed by atoms with Crippen LogP contribution in [0.2, 0.25) is 0 Å². The minimum absolute atomic E-state index is 0.110. The topological polar surface area (TPSA) is 102 Å². The van der Waals surface area contributed by atoms with Crippen molar-refractivity contribution in [2.45, 2.75) is 50.0 Å². The lowest BCUT2D eigenvalue weighted by Gasteiger charge is -2.30. The van der Waals surface area contributed by atoms with E-state index < -0.39 is 9.84 Å². The Labute approximate surface area is 199 Å². The molecule has 34 heavy (non-hydrogen) atoms. The monoisotopic (exact) mass is 483 g/mol. The smallest absolute Gasteiger partial charge is 0.324 e. The third-order valence-electron chi connectivity index (χ3n) is 6.33. The Kier molecular flexibility index (Phi) is 5.93. The normalized spacial score (nSPS) is 16.8. The van der Waals surface area contributed by atoms with Gasteiger partial charge in [0.15, 0.2) is 15.7 Å². The summed E-state index contributed by atoms with van der Waals surface area (Å²) in [4.78, 5) is 13.7. The van der Waals surface area contributed by atoms with Gasteiger partial charge in [-0.25, -0.2) is 13.4 Å². The van der Waals surface area contributed by atoms with Crippen molar-refractivity contribution in [1.82, 2.24) is 15.1 Å².